The van der Waals surface area contributed by atoms with Crippen LogP contribution in [0.25, 0.3) is 0 Å². The van der Waals surface area contributed by atoms with Crippen molar-refractivity contribution in [1.29, 1.82) is 0 Å². The molecule has 4 N–H and O–H groups in total. The van der Waals surface area contributed by atoms with Crippen LogP contribution in [0.3, 0.4) is 0 Å². The number of rotatable bonds is 8. The highest BCUT2D eigenvalue weighted by molar-refractivity contribution is 5.94. The molecular formula is C15H23N3O3. The maximum absolute atomic E-state index is 11.2. The van der Waals surface area contributed by atoms with Crippen LogP contribution in [0, 0.1) is 5.41 Å². The Morgan fingerprint density at radius 2 is 1.90 bits per heavy atom. The average molecular weight is 293 g/mol. The molecule has 0 radical (unpaired) electrons. The van der Waals surface area contributed by atoms with Crippen molar-refractivity contribution in [3.8, 4) is 0 Å². The molecule has 6 nitrogen and oxygen atoms in total. The molecule has 0 aliphatic heterocycles. The van der Waals surface area contributed by atoms with Crippen LogP contribution in [0.15, 0.2) is 30.3 Å². The van der Waals surface area contributed by atoms with Crippen molar-refractivity contribution >= 4 is 11.9 Å². The zero-order chi connectivity index (χ0) is 15.7. The fourth-order valence-electron chi connectivity index (χ4n) is 1.79. The second-order valence-electron chi connectivity index (χ2n) is 5.66. The van der Waals surface area contributed by atoms with Gasteiger partial charge in [0.15, 0.2) is 0 Å². The van der Waals surface area contributed by atoms with E-state index in [0.717, 1.165) is 13.1 Å². The number of imide groups is 1. The molecule has 21 heavy (non-hydrogen) atoms. The van der Waals surface area contributed by atoms with Crippen LogP contribution in [0.2, 0.25) is 0 Å². The quantitative estimate of drug-likeness (QED) is 0.667. The standard InChI is InChI=1S/C15H23N3O3/c1-15(2,11-21-9-13(19)18-14(16)20)10-17-8-12-6-4-3-5-7-12/h3-7,17H,8-11H2,1-2H3,(H3,16,18,19,20). The molecule has 6 heteroatoms. The van der Waals surface area contributed by atoms with Crippen molar-refractivity contribution in [1.82, 2.24) is 10.6 Å². The second-order valence-corrected chi connectivity index (χ2v) is 5.66. The van der Waals surface area contributed by atoms with E-state index in [0.29, 0.717) is 6.61 Å². The minimum Gasteiger partial charge on any atom is -0.371 e. The Morgan fingerprint density at radius 1 is 1.24 bits per heavy atom. The van der Waals surface area contributed by atoms with Gasteiger partial charge < -0.3 is 15.8 Å². The van der Waals surface area contributed by atoms with Gasteiger partial charge in [0, 0.05) is 18.5 Å². The number of urea groups is 1. The predicted molar refractivity (Wildman–Crippen MR) is 80.5 cm³/mol. The van der Waals surface area contributed by atoms with Crippen molar-refractivity contribution in [3.63, 3.8) is 0 Å². The highest BCUT2D eigenvalue weighted by Crippen LogP contribution is 2.14. The molecule has 0 saturated heterocycles. The van der Waals surface area contributed by atoms with Gasteiger partial charge in [-0.1, -0.05) is 44.2 Å². The van der Waals surface area contributed by atoms with Crippen LogP contribution in [0.4, 0.5) is 4.79 Å². The summed E-state index contributed by atoms with van der Waals surface area (Å²) in [6.07, 6.45) is 0. The van der Waals surface area contributed by atoms with Gasteiger partial charge in [0.25, 0.3) is 5.91 Å². The summed E-state index contributed by atoms with van der Waals surface area (Å²) in [5, 5.41) is 5.31. The number of primary amides is 1. The minimum atomic E-state index is -0.868. The highest BCUT2D eigenvalue weighted by atomic mass is 16.5. The molecule has 0 heterocycles. The molecule has 3 amide bonds. The van der Waals surface area contributed by atoms with Gasteiger partial charge in [-0.15, -0.1) is 0 Å². The van der Waals surface area contributed by atoms with Crippen LogP contribution >= 0.6 is 0 Å². The van der Waals surface area contributed by atoms with Gasteiger partial charge in [0.05, 0.1) is 6.61 Å². The van der Waals surface area contributed by atoms with Crippen molar-refractivity contribution in [2.75, 3.05) is 19.8 Å². The summed E-state index contributed by atoms with van der Waals surface area (Å²) in [7, 11) is 0. The molecule has 1 rings (SSSR count). The molecule has 0 aliphatic carbocycles. The second kappa shape index (κ2) is 8.39. The topological polar surface area (TPSA) is 93.4 Å². The smallest absolute Gasteiger partial charge is 0.318 e. The molecule has 0 bridgehead atoms. The molecule has 116 valence electrons. The van der Waals surface area contributed by atoms with E-state index in [1.807, 2.05) is 37.4 Å². The number of nitrogens with one attached hydrogen (secondary N) is 2. The lowest BCUT2D eigenvalue weighted by Gasteiger charge is -2.24. The summed E-state index contributed by atoms with van der Waals surface area (Å²) >= 11 is 0. The van der Waals surface area contributed by atoms with E-state index in [4.69, 9.17) is 10.5 Å². The van der Waals surface area contributed by atoms with Gasteiger partial charge >= 0.3 is 6.03 Å². The third-order valence-corrected chi connectivity index (χ3v) is 2.76. The Labute approximate surface area is 125 Å². The molecule has 1 aromatic carbocycles. The van der Waals surface area contributed by atoms with E-state index < -0.39 is 11.9 Å². The van der Waals surface area contributed by atoms with E-state index >= 15 is 0 Å². The van der Waals surface area contributed by atoms with Gasteiger partial charge in [0.1, 0.15) is 6.61 Å². The van der Waals surface area contributed by atoms with E-state index in [2.05, 4.69) is 17.4 Å². The molecule has 0 fully saturated rings. The first-order valence-electron chi connectivity index (χ1n) is 6.81. The Morgan fingerprint density at radius 3 is 2.52 bits per heavy atom. The summed E-state index contributed by atoms with van der Waals surface area (Å²) in [6.45, 7) is 5.84. The first kappa shape index (κ1) is 17.1. The number of hydrogen-bond acceptors (Lipinski definition) is 4. The molecule has 0 saturated carbocycles. The van der Waals surface area contributed by atoms with Crippen molar-refractivity contribution < 1.29 is 14.3 Å². The van der Waals surface area contributed by atoms with Crippen LogP contribution in [-0.4, -0.2) is 31.7 Å². The lowest BCUT2D eigenvalue weighted by atomic mass is 9.95. The SMILES string of the molecule is CC(C)(CNCc1ccccc1)COCC(=O)NC(N)=O. The summed E-state index contributed by atoms with van der Waals surface area (Å²) in [5.74, 6) is -0.532. The normalized spacial score (nSPS) is 11.1. The van der Waals surface area contributed by atoms with E-state index in [1.54, 1.807) is 0 Å². The maximum atomic E-state index is 11.2. The number of amides is 3. The molecule has 0 atom stereocenters. The van der Waals surface area contributed by atoms with Crippen LogP contribution in [0.1, 0.15) is 19.4 Å². The number of benzene rings is 1. The Hall–Kier alpha value is -1.92. The monoisotopic (exact) mass is 293 g/mol. The zero-order valence-electron chi connectivity index (χ0n) is 12.5. The number of nitrogens with two attached hydrogens (primary N) is 1. The fraction of sp³-hybridized carbons (Fsp3) is 0.467. The lowest BCUT2D eigenvalue weighted by Crippen LogP contribution is -2.39. The first-order chi connectivity index (χ1) is 9.89. The number of carbonyl (C=O) groups is 2. The molecule has 0 spiro atoms. The highest BCUT2D eigenvalue weighted by Gasteiger charge is 2.18. The molecule has 0 unspecified atom stereocenters. The van der Waals surface area contributed by atoms with Gasteiger partial charge in [-0.05, 0) is 5.56 Å². The molecule has 1 aromatic rings. The Bertz CT molecular complexity index is 460. The number of hydrogen-bond donors (Lipinski definition) is 3. The summed E-state index contributed by atoms with van der Waals surface area (Å²) in [6, 6.07) is 9.24. The zero-order valence-corrected chi connectivity index (χ0v) is 12.5. The van der Waals surface area contributed by atoms with E-state index in [1.165, 1.54) is 5.56 Å². The Kier molecular flexibility index (Phi) is 6.84. The molecular weight excluding hydrogens is 270 g/mol. The number of ether oxygens (including phenoxy) is 1. The molecule has 0 aromatic heterocycles. The van der Waals surface area contributed by atoms with Gasteiger partial charge in [0.2, 0.25) is 0 Å². The molecule has 0 aliphatic rings. The van der Waals surface area contributed by atoms with E-state index in [9.17, 15) is 9.59 Å². The third kappa shape index (κ3) is 8.06. The summed E-state index contributed by atoms with van der Waals surface area (Å²) in [5.41, 5.74) is 5.93. The Balaban J connectivity index is 2.21. The van der Waals surface area contributed by atoms with Gasteiger partial charge in [-0.2, -0.15) is 0 Å². The van der Waals surface area contributed by atoms with Crippen molar-refractivity contribution in [2.24, 2.45) is 11.1 Å². The van der Waals surface area contributed by atoms with Crippen LogP contribution < -0.4 is 16.4 Å². The third-order valence-electron chi connectivity index (χ3n) is 2.76. The summed E-state index contributed by atoms with van der Waals surface area (Å²) < 4.78 is 5.30. The van der Waals surface area contributed by atoms with Crippen LogP contribution in [-0.2, 0) is 16.1 Å². The maximum Gasteiger partial charge on any atom is 0.318 e. The largest absolute Gasteiger partial charge is 0.371 e. The first-order valence-corrected chi connectivity index (χ1v) is 6.81. The summed E-state index contributed by atoms with van der Waals surface area (Å²) in [4.78, 5) is 21.7. The van der Waals surface area contributed by atoms with E-state index in [-0.39, 0.29) is 12.0 Å². The number of carbonyl (C=O) groups excluding carboxylic acids is 2. The van der Waals surface area contributed by atoms with Crippen molar-refractivity contribution in [2.45, 2.75) is 20.4 Å². The van der Waals surface area contributed by atoms with Gasteiger partial charge in [-0.3, -0.25) is 10.1 Å². The average Bonchev–Trinajstić information content (AvgIpc) is 2.38. The van der Waals surface area contributed by atoms with Gasteiger partial charge in [-0.25, -0.2) is 4.79 Å². The minimum absolute atomic E-state index is 0.123. The van der Waals surface area contributed by atoms with Crippen molar-refractivity contribution in [3.05, 3.63) is 35.9 Å². The lowest BCUT2D eigenvalue weighted by molar-refractivity contribution is -0.125. The predicted octanol–water partition coefficient (Wildman–Crippen LogP) is 1.01. The van der Waals surface area contributed by atoms with Crippen LogP contribution in [0.5, 0.6) is 0 Å². The fourth-order valence-corrected chi connectivity index (χ4v) is 1.79.